The van der Waals surface area contributed by atoms with E-state index >= 15 is 0 Å². The molecule has 1 aliphatic carbocycles. The first-order valence-electron chi connectivity index (χ1n) is 8.69. The second-order valence-electron chi connectivity index (χ2n) is 8.05. The first kappa shape index (κ1) is 17.3. The van der Waals surface area contributed by atoms with Gasteiger partial charge in [0.1, 0.15) is 0 Å². The zero-order valence-corrected chi connectivity index (χ0v) is 15.8. The van der Waals surface area contributed by atoms with E-state index in [4.69, 9.17) is 0 Å². The highest BCUT2D eigenvalue weighted by molar-refractivity contribution is 7.89. The molecule has 0 amide bonds. The third kappa shape index (κ3) is 3.16. The fourth-order valence-electron chi connectivity index (χ4n) is 3.57. The molecule has 24 heavy (non-hydrogen) atoms. The molecule has 0 N–H and O–H groups in total. The number of sulfonamides is 1. The van der Waals surface area contributed by atoms with Gasteiger partial charge in [-0.2, -0.15) is 0 Å². The first-order chi connectivity index (χ1) is 11.2. The molecule has 3 rings (SSSR count). The molecule has 0 bridgehead atoms. The van der Waals surface area contributed by atoms with Crippen LogP contribution in [0.5, 0.6) is 0 Å². The van der Waals surface area contributed by atoms with Gasteiger partial charge in [-0.25, -0.2) is 8.42 Å². The summed E-state index contributed by atoms with van der Waals surface area (Å²) in [4.78, 5) is 0.365. The Bertz CT molecular complexity index is 767. The van der Waals surface area contributed by atoms with E-state index in [1.54, 1.807) is 16.4 Å². The summed E-state index contributed by atoms with van der Waals surface area (Å²) in [5.74, 6) is 0.396. The van der Waals surface area contributed by atoms with E-state index in [-0.39, 0.29) is 11.5 Å². The third-order valence-electron chi connectivity index (χ3n) is 5.03. The minimum Gasteiger partial charge on any atom is -0.266 e. The minimum atomic E-state index is -3.57. The molecule has 3 nitrogen and oxygen atoms in total. The summed E-state index contributed by atoms with van der Waals surface area (Å²) in [5.41, 5.74) is 2.13. The molecule has 4 heteroatoms. The van der Waals surface area contributed by atoms with Gasteiger partial charge in [0.2, 0.25) is 0 Å². The van der Waals surface area contributed by atoms with Crippen LogP contribution in [0.3, 0.4) is 0 Å². The molecular formula is C20H27NO2S. The van der Waals surface area contributed by atoms with Gasteiger partial charge < -0.3 is 0 Å². The monoisotopic (exact) mass is 345 g/mol. The summed E-state index contributed by atoms with van der Waals surface area (Å²) in [6, 6.07) is 6.96. The number of fused-ring (bicyclic) bond motifs is 1. The fourth-order valence-corrected chi connectivity index (χ4v) is 5.25. The molecule has 1 heterocycles. The Morgan fingerprint density at radius 3 is 2.38 bits per heavy atom. The van der Waals surface area contributed by atoms with Gasteiger partial charge in [-0.3, -0.25) is 4.31 Å². The molecule has 1 aromatic rings. The van der Waals surface area contributed by atoms with Crippen LogP contribution < -0.4 is 0 Å². The van der Waals surface area contributed by atoms with Crippen molar-refractivity contribution >= 4 is 10.0 Å². The van der Waals surface area contributed by atoms with E-state index in [2.05, 4.69) is 32.9 Å². The van der Waals surface area contributed by atoms with Crippen LogP contribution in [0.1, 0.15) is 45.6 Å². The van der Waals surface area contributed by atoms with Gasteiger partial charge in [0.25, 0.3) is 10.0 Å². The summed E-state index contributed by atoms with van der Waals surface area (Å²) >= 11 is 0. The fraction of sp³-hybridized carbons (Fsp3) is 0.500. The van der Waals surface area contributed by atoms with Gasteiger partial charge in [-0.05, 0) is 55.2 Å². The lowest BCUT2D eigenvalue weighted by Gasteiger charge is -2.36. The van der Waals surface area contributed by atoms with E-state index in [1.807, 2.05) is 25.3 Å². The molecule has 0 radical (unpaired) electrons. The minimum absolute atomic E-state index is 0.177. The van der Waals surface area contributed by atoms with Crippen LogP contribution in [0.25, 0.3) is 0 Å². The molecule has 0 unspecified atom stereocenters. The smallest absolute Gasteiger partial charge is 0.264 e. The van der Waals surface area contributed by atoms with Crippen molar-refractivity contribution in [2.45, 2.75) is 57.9 Å². The van der Waals surface area contributed by atoms with E-state index < -0.39 is 10.0 Å². The Morgan fingerprint density at radius 2 is 1.75 bits per heavy atom. The van der Waals surface area contributed by atoms with Crippen molar-refractivity contribution in [2.24, 2.45) is 11.3 Å². The van der Waals surface area contributed by atoms with E-state index in [0.717, 1.165) is 24.8 Å². The zero-order chi connectivity index (χ0) is 17.5. The van der Waals surface area contributed by atoms with Crippen LogP contribution in [-0.2, 0) is 10.0 Å². The normalized spacial score (nSPS) is 24.5. The van der Waals surface area contributed by atoms with E-state index in [1.165, 1.54) is 5.57 Å². The SMILES string of the molecule is Cc1ccc(S(=O)(=O)N2C=C3CCC[C@H]3C=C[C@H]2C(C)(C)C)cc1. The molecule has 2 atom stereocenters. The largest absolute Gasteiger partial charge is 0.266 e. The van der Waals surface area contributed by atoms with Crippen molar-refractivity contribution in [1.82, 2.24) is 4.31 Å². The summed E-state index contributed by atoms with van der Waals surface area (Å²) in [7, 11) is -3.57. The average molecular weight is 346 g/mol. The molecule has 1 saturated carbocycles. The molecule has 1 aliphatic heterocycles. The van der Waals surface area contributed by atoms with Gasteiger partial charge in [-0.1, -0.05) is 50.6 Å². The Hall–Kier alpha value is -1.55. The van der Waals surface area contributed by atoms with Crippen LogP contribution in [-0.4, -0.2) is 18.8 Å². The molecule has 0 spiro atoms. The van der Waals surface area contributed by atoms with Gasteiger partial charge in [0.15, 0.2) is 0 Å². The van der Waals surface area contributed by atoms with Crippen molar-refractivity contribution in [3.05, 3.63) is 53.8 Å². The second-order valence-corrected chi connectivity index (χ2v) is 9.89. The predicted molar refractivity (Wildman–Crippen MR) is 98.0 cm³/mol. The van der Waals surface area contributed by atoms with Gasteiger partial charge in [-0.15, -0.1) is 0 Å². The Labute approximate surface area is 146 Å². The number of hydrogen-bond donors (Lipinski definition) is 0. The number of allylic oxidation sites excluding steroid dienone is 2. The highest BCUT2D eigenvalue weighted by Crippen LogP contribution is 2.39. The number of nitrogens with zero attached hydrogens (tertiary/aromatic N) is 1. The van der Waals surface area contributed by atoms with Gasteiger partial charge in [0, 0.05) is 6.20 Å². The highest BCUT2D eigenvalue weighted by Gasteiger charge is 2.37. The van der Waals surface area contributed by atoms with Crippen LogP contribution >= 0.6 is 0 Å². The molecule has 1 fully saturated rings. The van der Waals surface area contributed by atoms with Crippen molar-refractivity contribution in [2.75, 3.05) is 0 Å². The highest BCUT2D eigenvalue weighted by atomic mass is 32.2. The average Bonchev–Trinajstić information content (AvgIpc) is 2.84. The summed E-state index contributed by atoms with van der Waals surface area (Å²) in [5, 5.41) is 0. The summed E-state index contributed by atoms with van der Waals surface area (Å²) in [6.07, 6.45) is 9.50. The Kier molecular flexibility index (Phi) is 4.37. The van der Waals surface area contributed by atoms with Crippen molar-refractivity contribution in [3.63, 3.8) is 0 Å². The van der Waals surface area contributed by atoms with E-state index in [9.17, 15) is 8.42 Å². The van der Waals surface area contributed by atoms with Crippen LogP contribution in [0, 0.1) is 18.3 Å². The lowest BCUT2D eigenvalue weighted by molar-refractivity contribution is 0.259. The summed E-state index contributed by atoms with van der Waals surface area (Å²) < 4.78 is 28.3. The molecule has 0 saturated heterocycles. The molecule has 0 aromatic heterocycles. The number of hydrogen-bond acceptors (Lipinski definition) is 2. The third-order valence-corrected chi connectivity index (χ3v) is 6.79. The molecule has 130 valence electrons. The van der Waals surface area contributed by atoms with Crippen LogP contribution in [0.15, 0.2) is 53.1 Å². The summed E-state index contributed by atoms with van der Waals surface area (Å²) in [6.45, 7) is 8.26. The van der Waals surface area contributed by atoms with Gasteiger partial charge in [0.05, 0.1) is 10.9 Å². The Morgan fingerprint density at radius 1 is 1.08 bits per heavy atom. The predicted octanol–water partition coefficient (Wildman–Crippen LogP) is 4.65. The van der Waals surface area contributed by atoms with Crippen LogP contribution in [0.2, 0.25) is 0 Å². The first-order valence-corrected chi connectivity index (χ1v) is 10.1. The number of benzene rings is 1. The number of rotatable bonds is 2. The zero-order valence-electron chi connectivity index (χ0n) is 15.0. The molecular weight excluding hydrogens is 318 g/mol. The maximum absolute atomic E-state index is 13.3. The van der Waals surface area contributed by atoms with Crippen molar-refractivity contribution in [3.8, 4) is 0 Å². The van der Waals surface area contributed by atoms with Gasteiger partial charge >= 0.3 is 0 Å². The second kappa shape index (κ2) is 6.07. The molecule has 2 aliphatic rings. The quantitative estimate of drug-likeness (QED) is 0.731. The number of aryl methyl sites for hydroxylation is 1. The topological polar surface area (TPSA) is 37.4 Å². The maximum Gasteiger partial charge on any atom is 0.264 e. The van der Waals surface area contributed by atoms with Crippen LogP contribution in [0.4, 0.5) is 0 Å². The van der Waals surface area contributed by atoms with Crippen molar-refractivity contribution in [1.29, 1.82) is 0 Å². The maximum atomic E-state index is 13.3. The molecule has 1 aromatic carbocycles. The standard InChI is InChI=1S/C20H27NO2S/c1-15-8-11-18(12-9-15)24(22,23)21-14-17-7-5-6-16(17)10-13-19(21)20(2,3)4/h8-14,16,19H,5-7H2,1-4H3/t16-,19-/m0/s1. The lowest BCUT2D eigenvalue weighted by Crippen LogP contribution is -2.42. The van der Waals surface area contributed by atoms with E-state index in [0.29, 0.717) is 10.8 Å². The van der Waals surface area contributed by atoms with Crippen molar-refractivity contribution < 1.29 is 8.42 Å². The Balaban J connectivity index is 2.11. The lowest BCUT2D eigenvalue weighted by atomic mass is 9.86.